The van der Waals surface area contributed by atoms with Gasteiger partial charge in [0.1, 0.15) is 0 Å². The Labute approximate surface area is 160 Å². The molecule has 1 aromatic heterocycles. The smallest absolute Gasteiger partial charge is 0.342 e. The minimum Gasteiger partial charge on any atom is -0.490 e. The van der Waals surface area contributed by atoms with E-state index < -0.39 is 17.2 Å². The maximum Gasteiger partial charge on any atom is 0.342 e. The number of nitrogens with one attached hydrogen (secondary N) is 4. The van der Waals surface area contributed by atoms with Gasteiger partial charge in [-0.15, -0.1) is 5.10 Å². The summed E-state index contributed by atoms with van der Waals surface area (Å²) in [4.78, 5) is 36.1. The Kier molecular flexibility index (Phi) is 7.31. The molecule has 0 unspecified atom stereocenters. The molecule has 0 fully saturated rings. The second-order valence-corrected chi connectivity index (χ2v) is 5.81. The van der Waals surface area contributed by atoms with Crippen LogP contribution in [0.15, 0.2) is 32.9 Å². The molecular weight excluding hydrogens is 368 g/mol. The minimum atomic E-state index is -0.735. The Balaban J connectivity index is 1.93. The highest BCUT2D eigenvalue weighted by Gasteiger charge is 2.08. The van der Waals surface area contributed by atoms with Crippen molar-refractivity contribution in [1.29, 1.82) is 0 Å². The lowest BCUT2D eigenvalue weighted by atomic mass is 10.2. The van der Waals surface area contributed by atoms with Crippen molar-refractivity contribution in [3.8, 4) is 11.5 Å². The zero-order chi connectivity index (χ0) is 20.5. The van der Waals surface area contributed by atoms with E-state index in [1.54, 1.807) is 18.2 Å². The van der Waals surface area contributed by atoms with Crippen LogP contribution < -0.4 is 31.5 Å². The second kappa shape index (κ2) is 9.90. The minimum absolute atomic E-state index is 0.00897. The van der Waals surface area contributed by atoms with Gasteiger partial charge in [-0.25, -0.2) is 15.3 Å². The van der Waals surface area contributed by atoms with Gasteiger partial charge in [0.15, 0.2) is 11.5 Å². The van der Waals surface area contributed by atoms with Crippen LogP contribution in [0.3, 0.4) is 0 Å². The van der Waals surface area contributed by atoms with Crippen molar-refractivity contribution in [3.63, 3.8) is 0 Å². The summed E-state index contributed by atoms with van der Waals surface area (Å²) in [5.74, 6) is 0.520. The number of carbonyl (C=O) groups excluding carboxylic acids is 1. The molecule has 1 heterocycles. The number of H-pyrrole nitrogens is 2. The van der Waals surface area contributed by atoms with E-state index >= 15 is 0 Å². The number of hydrogen-bond donors (Lipinski definition) is 4. The number of amides is 1. The van der Waals surface area contributed by atoms with Crippen molar-refractivity contribution in [2.45, 2.75) is 26.9 Å². The number of aromatic nitrogens is 3. The molecule has 11 nitrogen and oxygen atoms in total. The molecule has 150 valence electrons. The van der Waals surface area contributed by atoms with Gasteiger partial charge in [-0.1, -0.05) is 0 Å². The molecule has 1 aromatic carbocycles. The molecule has 4 N–H and O–H groups in total. The normalized spacial score (nSPS) is 10.9. The fourth-order valence-corrected chi connectivity index (χ4v) is 2.07. The fraction of sp³-hybridized carbons (Fsp3) is 0.353. The third-order valence-corrected chi connectivity index (χ3v) is 3.16. The lowest BCUT2D eigenvalue weighted by Gasteiger charge is -2.14. The van der Waals surface area contributed by atoms with Crippen LogP contribution in [-0.2, 0) is 4.79 Å². The lowest BCUT2D eigenvalue weighted by molar-refractivity contribution is -0.119. The fourth-order valence-electron chi connectivity index (χ4n) is 2.07. The molecule has 1 amide bonds. The molecule has 28 heavy (non-hydrogen) atoms. The number of hydrazone groups is 1. The van der Waals surface area contributed by atoms with Crippen molar-refractivity contribution in [2.24, 2.45) is 5.10 Å². The highest BCUT2D eigenvalue weighted by atomic mass is 16.5. The lowest BCUT2D eigenvalue weighted by Crippen LogP contribution is -2.31. The van der Waals surface area contributed by atoms with Crippen LogP contribution in [0.5, 0.6) is 11.5 Å². The predicted octanol–water partition coefficient (Wildman–Crippen LogP) is 0.206. The largest absolute Gasteiger partial charge is 0.490 e. The number of hydrogen-bond acceptors (Lipinski definition) is 8. The number of ether oxygens (including phenoxy) is 2. The molecule has 0 saturated heterocycles. The first-order chi connectivity index (χ1) is 13.4. The first-order valence-electron chi connectivity index (χ1n) is 8.57. The van der Waals surface area contributed by atoms with E-state index in [2.05, 4.69) is 26.0 Å². The van der Waals surface area contributed by atoms with Gasteiger partial charge in [0.2, 0.25) is 5.82 Å². The third-order valence-electron chi connectivity index (χ3n) is 3.16. The molecule has 2 rings (SSSR count). The van der Waals surface area contributed by atoms with E-state index in [4.69, 9.17) is 9.47 Å². The summed E-state index contributed by atoms with van der Waals surface area (Å²) in [7, 11) is 0. The van der Waals surface area contributed by atoms with Gasteiger partial charge in [-0.05, 0) is 44.5 Å². The molecule has 0 aliphatic heterocycles. The van der Waals surface area contributed by atoms with E-state index in [0.29, 0.717) is 23.7 Å². The highest BCUT2D eigenvalue weighted by molar-refractivity contribution is 5.84. The maximum absolute atomic E-state index is 11.8. The summed E-state index contributed by atoms with van der Waals surface area (Å²) >= 11 is 0. The SMILES string of the molecule is CCOc1cc(/C=N/NC(=O)CNc2n[nH]c(=O)[nH]c2=O)ccc1OC(C)C. The number of rotatable bonds is 9. The van der Waals surface area contributed by atoms with Crippen LogP contribution >= 0.6 is 0 Å². The second-order valence-electron chi connectivity index (χ2n) is 5.81. The van der Waals surface area contributed by atoms with Crippen molar-refractivity contribution < 1.29 is 14.3 Å². The van der Waals surface area contributed by atoms with E-state index in [1.165, 1.54) is 6.21 Å². The van der Waals surface area contributed by atoms with Crippen molar-refractivity contribution in [1.82, 2.24) is 20.6 Å². The molecule has 0 saturated carbocycles. The quantitative estimate of drug-likeness (QED) is 0.353. The number of aromatic amines is 2. The van der Waals surface area contributed by atoms with Crippen LogP contribution in [0.1, 0.15) is 26.3 Å². The summed E-state index contributed by atoms with van der Waals surface area (Å²) in [5.41, 5.74) is 1.55. The number of anilines is 1. The Morgan fingerprint density at radius 2 is 2.11 bits per heavy atom. The van der Waals surface area contributed by atoms with E-state index in [9.17, 15) is 14.4 Å². The Morgan fingerprint density at radius 1 is 1.32 bits per heavy atom. The topological polar surface area (TPSA) is 151 Å². The third kappa shape index (κ3) is 6.27. The van der Waals surface area contributed by atoms with Crippen molar-refractivity contribution in [3.05, 3.63) is 44.6 Å². The van der Waals surface area contributed by atoms with Gasteiger partial charge in [-0.2, -0.15) is 5.10 Å². The van der Waals surface area contributed by atoms with Crippen molar-refractivity contribution >= 4 is 17.9 Å². The van der Waals surface area contributed by atoms with Gasteiger partial charge in [-0.3, -0.25) is 14.6 Å². The average Bonchev–Trinajstić information content (AvgIpc) is 2.63. The number of carbonyl (C=O) groups is 1. The van der Waals surface area contributed by atoms with Crippen LogP contribution in [0.25, 0.3) is 0 Å². The molecule has 11 heteroatoms. The van der Waals surface area contributed by atoms with Crippen LogP contribution in [0.2, 0.25) is 0 Å². The predicted molar refractivity (Wildman–Crippen MR) is 103 cm³/mol. The van der Waals surface area contributed by atoms with Crippen LogP contribution in [0.4, 0.5) is 5.82 Å². The molecule has 0 bridgehead atoms. The first kappa shape index (κ1) is 20.7. The summed E-state index contributed by atoms with van der Waals surface area (Å²) in [6.07, 6.45) is 1.46. The maximum atomic E-state index is 11.8. The Bertz CT molecular complexity index is 950. The van der Waals surface area contributed by atoms with Crippen LogP contribution in [-0.4, -0.2) is 46.6 Å². The van der Waals surface area contributed by atoms with Gasteiger partial charge < -0.3 is 14.8 Å². The molecule has 0 aliphatic carbocycles. The zero-order valence-electron chi connectivity index (χ0n) is 15.7. The number of benzene rings is 1. The van der Waals surface area contributed by atoms with E-state index in [1.807, 2.05) is 25.8 Å². The summed E-state index contributed by atoms with van der Waals surface area (Å²) in [6, 6.07) is 5.29. The van der Waals surface area contributed by atoms with Crippen molar-refractivity contribution in [2.75, 3.05) is 18.5 Å². The zero-order valence-corrected chi connectivity index (χ0v) is 15.7. The van der Waals surface area contributed by atoms with Gasteiger partial charge in [0.05, 0.1) is 25.5 Å². The van der Waals surface area contributed by atoms with Gasteiger partial charge in [0.25, 0.3) is 11.5 Å². The Hall–Kier alpha value is -3.63. The monoisotopic (exact) mass is 390 g/mol. The highest BCUT2D eigenvalue weighted by Crippen LogP contribution is 2.28. The summed E-state index contributed by atoms with van der Waals surface area (Å²) in [6.45, 7) is 5.94. The standard InChI is InChI=1S/C17H22N6O5/c1-4-27-13-7-11(5-6-12(13)28-10(2)3)8-19-21-14(24)9-18-15-16(25)20-17(26)23-22-15/h5-8,10H,4,9H2,1-3H3,(H,18,22)(H,21,24)(H2,20,23,25,26)/b19-8+. The first-order valence-corrected chi connectivity index (χ1v) is 8.57. The molecule has 0 spiro atoms. The summed E-state index contributed by atoms with van der Waals surface area (Å²) in [5, 5.41) is 11.9. The average molecular weight is 390 g/mol. The molecule has 0 atom stereocenters. The number of nitrogens with zero attached hydrogens (tertiary/aromatic N) is 2. The van der Waals surface area contributed by atoms with E-state index in [0.717, 1.165) is 0 Å². The van der Waals surface area contributed by atoms with E-state index in [-0.39, 0.29) is 18.5 Å². The molecule has 0 aliphatic rings. The van der Waals surface area contributed by atoms with Gasteiger partial charge in [0, 0.05) is 0 Å². The van der Waals surface area contributed by atoms with Crippen LogP contribution in [0, 0.1) is 0 Å². The van der Waals surface area contributed by atoms with Gasteiger partial charge >= 0.3 is 5.69 Å². The molecule has 0 radical (unpaired) electrons. The Morgan fingerprint density at radius 3 is 2.79 bits per heavy atom. The molecule has 2 aromatic rings. The summed E-state index contributed by atoms with van der Waals surface area (Å²) < 4.78 is 11.2. The molecular formula is C17H22N6O5.